The third kappa shape index (κ3) is 4.00. The molecule has 0 bridgehead atoms. The first-order valence-electron chi connectivity index (χ1n) is 6.51. The van der Waals surface area contributed by atoms with Crippen molar-refractivity contribution in [2.24, 2.45) is 13.0 Å². The summed E-state index contributed by atoms with van der Waals surface area (Å²) in [4.78, 5) is 0. The van der Waals surface area contributed by atoms with Crippen LogP contribution >= 0.6 is 11.6 Å². The van der Waals surface area contributed by atoms with Crippen LogP contribution in [0.4, 0.5) is 0 Å². The maximum absolute atomic E-state index is 6.33. The summed E-state index contributed by atoms with van der Waals surface area (Å²) >= 11 is 6.33. The van der Waals surface area contributed by atoms with E-state index in [2.05, 4.69) is 31.2 Å². The van der Waals surface area contributed by atoms with E-state index in [1.54, 1.807) is 0 Å². The van der Waals surface area contributed by atoms with Crippen molar-refractivity contribution in [3.63, 3.8) is 0 Å². The lowest BCUT2D eigenvalue weighted by atomic mass is 10.1. The van der Waals surface area contributed by atoms with Crippen molar-refractivity contribution < 1.29 is 0 Å². The highest BCUT2D eigenvalue weighted by Crippen LogP contribution is 2.23. The second-order valence-electron chi connectivity index (χ2n) is 4.70. The molecule has 0 aliphatic carbocycles. The highest BCUT2D eigenvalue weighted by Gasteiger charge is 2.15. The van der Waals surface area contributed by atoms with Crippen molar-refractivity contribution in [1.29, 1.82) is 0 Å². The Labute approximate surface area is 110 Å². The van der Waals surface area contributed by atoms with E-state index in [-0.39, 0.29) is 0 Å². The fourth-order valence-corrected chi connectivity index (χ4v) is 2.34. The van der Waals surface area contributed by atoms with E-state index in [1.165, 1.54) is 6.42 Å². The molecule has 0 aliphatic heterocycles. The molecule has 0 spiro atoms. The van der Waals surface area contributed by atoms with Crippen molar-refractivity contribution >= 4 is 11.6 Å². The lowest BCUT2D eigenvalue weighted by Crippen LogP contribution is -2.23. The van der Waals surface area contributed by atoms with Gasteiger partial charge >= 0.3 is 0 Å². The smallest absolute Gasteiger partial charge is 0.0849 e. The van der Waals surface area contributed by atoms with Gasteiger partial charge in [-0.2, -0.15) is 5.10 Å². The highest BCUT2D eigenvalue weighted by molar-refractivity contribution is 6.31. The van der Waals surface area contributed by atoms with Crippen LogP contribution in [0, 0.1) is 5.92 Å². The number of aryl methyl sites for hydroxylation is 2. The minimum Gasteiger partial charge on any atom is -0.316 e. The zero-order chi connectivity index (χ0) is 12.8. The molecule has 98 valence electrons. The van der Waals surface area contributed by atoms with Crippen LogP contribution in [0.3, 0.4) is 0 Å². The van der Waals surface area contributed by atoms with Crippen LogP contribution in [0.15, 0.2) is 0 Å². The zero-order valence-corrected chi connectivity index (χ0v) is 12.1. The van der Waals surface area contributed by atoms with Gasteiger partial charge in [0.05, 0.1) is 16.4 Å². The lowest BCUT2D eigenvalue weighted by Gasteiger charge is -2.12. The lowest BCUT2D eigenvalue weighted by molar-refractivity contribution is 0.495. The molecule has 1 heterocycles. The van der Waals surface area contributed by atoms with E-state index in [9.17, 15) is 0 Å². The van der Waals surface area contributed by atoms with Crippen molar-refractivity contribution in [3.8, 4) is 0 Å². The van der Waals surface area contributed by atoms with Crippen LogP contribution < -0.4 is 5.32 Å². The van der Waals surface area contributed by atoms with Crippen molar-refractivity contribution in [1.82, 2.24) is 15.1 Å². The van der Waals surface area contributed by atoms with Gasteiger partial charge in [-0.15, -0.1) is 0 Å². The number of rotatable bonds is 7. The van der Waals surface area contributed by atoms with Crippen LogP contribution in [-0.4, -0.2) is 22.9 Å². The fraction of sp³-hybridized carbons (Fsp3) is 0.769. The summed E-state index contributed by atoms with van der Waals surface area (Å²) in [7, 11) is 1.98. The SMILES string of the molecule is CCCNCC(C)Cc1c(Cl)c(CC)nn1C. The molecule has 0 aliphatic rings. The second-order valence-corrected chi connectivity index (χ2v) is 5.08. The molecule has 1 aromatic rings. The summed E-state index contributed by atoms with van der Waals surface area (Å²) in [5.41, 5.74) is 2.17. The highest BCUT2D eigenvalue weighted by atomic mass is 35.5. The van der Waals surface area contributed by atoms with Crippen LogP contribution in [0.1, 0.15) is 38.6 Å². The molecule has 1 atom stereocenters. The van der Waals surface area contributed by atoms with Crippen molar-refractivity contribution in [2.75, 3.05) is 13.1 Å². The molecule has 3 nitrogen and oxygen atoms in total. The monoisotopic (exact) mass is 257 g/mol. The Kier molecular flexibility index (Phi) is 6.00. The molecule has 1 unspecified atom stereocenters. The molecule has 0 aromatic carbocycles. The Balaban J connectivity index is 2.58. The van der Waals surface area contributed by atoms with Crippen molar-refractivity contribution in [2.45, 2.75) is 40.0 Å². The van der Waals surface area contributed by atoms with Crippen LogP contribution in [0.2, 0.25) is 5.02 Å². The minimum absolute atomic E-state index is 0.583. The average molecular weight is 258 g/mol. The first kappa shape index (κ1) is 14.5. The van der Waals surface area contributed by atoms with Gasteiger partial charge in [0.2, 0.25) is 0 Å². The number of hydrogen-bond acceptors (Lipinski definition) is 2. The predicted molar refractivity (Wildman–Crippen MR) is 73.6 cm³/mol. The first-order chi connectivity index (χ1) is 8.10. The maximum Gasteiger partial charge on any atom is 0.0849 e. The van der Waals surface area contributed by atoms with E-state index in [1.807, 2.05) is 11.7 Å². The standard InChI is InChI=1S/C13H24ClN3/c1-5-7-15-9-10(3)8-12-13(14)11(6-2)16-17(12)4/h10,15H,5-9H2,1-4H3. The van der Waals surface area contributed by atoms with Gasteiger partial charge in [-0.1, -0.05) is 32.4 Å². The molecule has 1 rings (SSSR count). The molecule has 0 radical (unpaired) electrons. The second kappa shape index (κ2) is 7.02. The molecule has 0 fully saturated rings. The molecule has 1 aromatic heterocycles. The van der Waals surface area contributed by atoms with Gasteiger partial charge in [0, 0.05) is 7.05 Å². The molecule has 0 saturated heterocycles. The molecule has 0 amide bonds. The number of nitrogens with zero attached hydrogens (tertiary/aromatic N) is 2. The Bertz CT molecular complexity index is 347. The van der Waals surface area contributed by atoms with Gasteiger partial charge in [0.1, 0.15) is 0 Å². The largest absolute Gasteiger partial charge is 0.316 e. The Morgan fingerprint density at radius 3 is 2.65 bits per heavy atom. The molecule has 0 saturated carbocycles. The Hall–Kier alpha value is -0.540. The summed E-state index contributed by atoms with van der Waals surface area (Å²) in [6.07, 6.45) is 3.06. The van der Waals surface area contributed by atoms with Gasteiger partial charge in [-0.25, -0.2) is 0 Å². The topological polar surface area (TPSA) is 29.9 Å². The van der Waals surface area contributed by atoms with Gasteiger partial charge in [-0.3, -0.25) is 4.68 Å². The van der Waals surface area contributed by atoms with E-state index in [4.69, 9.17) is 11.6 Å². The third-order valence-electron chi connectivity index (χ3n) is 2.96. The van der Waals surface area contributed by atoms with Crippen LogP contribution in [0.25, 0.3) is 0 Å². The maximum atomic E-state index is 6.33. The average Bonchev–Trinajstić information content (AvgIpc) is 2.57. The zero-order valence-electron chi connectivity index (χ0n) is 11.4. The van der Waals surface area contributed by atoms with Crippen molar-refractivity contribution in [3.05, 3.63) is 16.4 Å². The molecule has 17 heavy (non-hydrogen) atoms. The van der Waals surface area contributed by atoms with Gasteiger partial charge in [0.15, 0.2) is 0 Å². The van der Waals surface area contributed by atoms with Crippen LogP contribution in [0.5, 0.6) is 0 Å². The van der Waals surface area contributed by atoms with E-state index >= 15 is 0 Å². The van der Waals surface area contributed by atoms with E-state index < -0.39 is 0 Å². The first-order valence-corrected chi connectivity index (χ1v) is 6.88. The summed E-state index contributed by atoms with van der Waals surface area (Å²) in [5, 5.41) is 8.74. The van der Waals surface area contributed by atoms with Gasteiger partial charge < -0.3 is 5.32 Å². The van der Waals surface area contributed by atoms with Gasteiger partial charge in [0.25, 0.3) is 0 Å². The third-order valence-corrected chi connectivity index (χ3v) is 3.40. The summed E-state index contributed by atoms with van der Waals surface area (Å²) in [6, 6.07) is 0. The quantitative estimate of drug-likeness (QED) is 0.762. The number of hydrogen-bond donors (Lipinski definition) is 1. The molecule has 4 heteroatoms. The number of halogens is 1. The summed E-state index contributed by atoms with van der Waals surface area (Å²) < 4.78 is 1.93. The summed E-state index contributed by atoms with van der Waals surface area (Å²) in [5.74, 6) is 0.583. The van der Waals surface area contributed by atoms with E-state index in [0.717, 1.165) is 42.3 Å². The Morgan fingerprint density at radius 2 is 2.12 bits per heavy atom. The van der Waals surface area contributed by atoms with Crippen LogP contribution in [-0.2, 0) is 19.9 Å². The minimum atomic E-state index is 0.583. The predicted octanol–water partition coefficient (Wildman–Crippen LogP) is 2.81. The fourth-order valence-electron chi connectivity index (χ4n) is 1.97. The van der Waals surface area contributed by atoms with E-state index in [0.29, 0.717) is 5.92 Å². The molecular weight excluding hydrogens is 234 g/mol. The Morgan fingerprint density at radius 1 is 1.41 bits per heavy atom. The normalized spacial score (nSPS) is 13.0. The number of nitrogens with one attached hydrogen (secondary N) is 1. The molecule has 1 N–H and O–H groups in total. The van der Waals surface area contributed by atoms with Gasteiger partial charge in [-0.05, 0) is 38.3 Å². The number of aromatic nitrogens is 2. The summed E-state index contributed by atoms with van der Waals surface area (Å²) in [6.45, 7) is 8.64. The molecular formula is C13H24ClN3.